The van der Waals surface area contributed by atoms with Crippen molar-refractivity contribution in [3.05, 3.63) is 58.7 Å². The van der Waals surface area contributed by atoms with Crippen LogP contribution in [0.15, 0.2) is 41.3 Å². The number of aryl methyl sites for hydroxylation is 3. The average Bonchev–Trinajstić information content (AvgIpc) is 2.66. The molecule has 0 bridgehead atoms. The number of primary sulfonamides is 1. The van der Waals surface area contributed by atoms with Crippen LogP contribution < -0.4 is 15.8 Å². The number of benzene rings is 2. The Morgan fingerprint density at radius 2 is 1.53 bits per heavy atom. The van der Waals surface area contributed by atoms with E-state index in [4.69, 9.17) is 9.88 Å². The average molecular weight is 433 g/mol. The first-order valence-corrected chi connectivity index (χ1v) is 10.5. The van der Waals surface area contributed by atoms with Crippen molar-refractivity contribution in [3.63, 3.8) is 0 Å². The van der Waals surface area contributed by atoms with Crippen LogP contribution in [-0.2, 0) is 24.3 Å². The molecule has 0 fully saturated rings. The molecule has 0 aliphatic heterocycles. The number of hydrogen-bond acceptors (Lipinski definition) is 6. The maximum Gasteiger partial charge on any atom is 0.338 e. The van der Waals surface area contributed by atoms with Crippen LogP contribution in [-0.4, -0.2) is 39.4 Å². The molecule has 9 nitrogen and oxygen atoms in total. The number of carbonyl (C=O) groups excluding carboxylic acids is 3. The van der Waals surface area contributed by atoms with Crippen molar-refractivity contribution in [2.24, 2.45) is 5.14 Å². The van der Waals surface area contributed by atoms with Gasteiger partial charge >= 0.3 is 5.97 Å². The minimum absolute atomic E-state index is 0.0539. The number of nitrogens with one attached hydrogen (secondary N) is 2. The Morgan fingerprint density at radius 1 is 0.967 bits per heavy atom. The van der Waals surface area contributed by atoms with Crippen molar-refractivity contribution in [3.8, 4) is 0 Å². The van der Waals surface area contributed by atoms with Crippen LogP contribution in [0.2, 0.25) is 0 Å². The molecule has 160 valence electrons. The van der Waals surface area contributed by atoms with E-state index in [1.807, 2.05) is 32.9 Å². The first-order chi connectivity index (χ1) is 14.0. The Morgan fingerprint density at radius 3 is 2.07 bits per heavy atom. The number of amides is 2. The molecule has 0 saturated heterocycles. The fourth-order valence-electron chi connectivity index (χ4n) is 2.79. The summed E-state index contributed by atoms with van der Waals surface area (Å²) in [5.41, 5.74) is 3.65. The summed E-state index contributed by atoms with van der Waals surface area (Å²) >= 11 is 0. The zero-order valence-electron chi connectivity index (χ0n) is 16.8. The standard InChI is InChI=1S/C20H23N3O6S/c1-12-8-13(2)19(14(3)9-12)23-17(24)10-22-18(25)11-29-20(26)15-4-6-16(7-5-15)30(21,27)28/h4-9H,10-11H2,1-3H3,(H,22,25)(H,23,24)(H2,21,27,28). The van der Waals surface area contributed by atoms with Gasteiger partial charge in [-0.3, -0.25) is 9.59 Å². The highest BCUT2D eigenvalue weighted by molar-refractivity contribution is 7.89. The first kappa shape index (κ1) is 23.0. The molecule has 0 unspecified atom stereocenters. The fourth-order valence-corrected chi connectivity index (χ4v) is 3.30. The molecule has 2 amide bonds. The van der Waals surface area contributed by atoms with E-state index >= 15 is 0 Å². The van der Waals surface area contributed by atoms with Crippen LogP contribution in [0.3, 0.4) is 0 Å². The summed E-state index contributed by atoms with van der Waals surface area (Å²) in [6.07, 6.45) is 0. The Kier molecular flexibility index (Phi) is 7.30. The van der Waals surface area contributed by atoms with Crippen molar-refractivity contribution in [1.29, 1.82) is 0 Å². The molecule has 2 rings (SSSR count). The highest BCUT2D eigenvalue weighted by atomic mass is 32.2. The number of nitrogens with two attached hydrogens (primary N) is 1. The lowest BCUT2D eigenvalue weighted by atomic mass is 10.1. The SMILES string of the molecule is Cc1cc(C)c(NC(=O)CNC(=O)COC(=O)c2ccc(S(N)(=O)=O)cc2)c(C)c1. The van der Waals surface area contributed by atoms with Gasteiger partial charge in [0.15, 0.2) is 6.61 Å². The Balaban J connectivity index is 1.82. The summed E-state index contributed by atoms with van der Waals surface area (Å²) < 4.78 is 27.3. The molecule has 0 aromatic heterocycles. The van der Waals surface area contributed by atoms with Gasteiger partial charge in [0.05, 0.1) is 17.0 Å². The van der Waals surface area contributed by atoms with Gasteiger partial charge < -0.3 is 15.4 Å². The molecule has 0 heterocycles. The second-order valence-corrected chi connectivity index (χ2v) is 8.31. The molecular formula is C20H23N3O6S. The third kappa shape index (κ3) is 6.39. The van der Waals surface area contributed by atoms with Gasteiger partial charge in [-0.2, -0.15) is 0 Å². The number of ether oxygens (including phenoxy) is 1. The van der Waals surface area contributed by atoms with Gasteiger partial charge in [0.2, 0.25) is 15.9 Å². The lowest BCUT2D eigenvalue weighted by molar-refractivity contribution is -0.126. The highest BCUT2D eigenvalue weighted by Crippen LogP contribution is 2.21. The molecule has 10 heteroatoms. The molecule has 0 aliphatic rings. The summed E-state index contributed by atoms with van der Waals surface area (Å²) in [6, 6.07) is 8.64. The smallest absolute Gasteiger partial charge is 0.338 e. The highest BCUT2D eigenvalue weighted by Gasteiger charge is 2.14. The van der Waals surface area contributed by atoms with E-state index in [9.17, 15) is 22.8 Å². The number of carbonyl (C=O) groups is 3. The molecule has 0 spiro atoms. The Bertz CT molecular complexity index is 1060. The van der Waals surface area contributed by atoms with E-state index in [1.54, 1.807) is 0 Å². The second kappa shape index (κ2) is 9.51. The maximum atomic E-state index is 12.1. The number of sulfonamides is 1. The van der Waals surface area contributed by atoms with Gasteiger partial charge in [-0.05, 0) is 56.2 Å². The summed E-state index contributed by atoms with van der Waals surface area (Å²) in [4.78, 5) is 35.7. The third-order valence-corrected chi connectivity index (χ3v) is 5.07. The fraction of sp³-hybridized carbons (Fsp3) is 0.250. The van der Waals surface area contributed by atoms with Crippen LogP contribution in [0.4, 0.5) is 5.69 Å². The van der Waals surface area contributed by atoms with E-state index in [0.29, 0.717) is 5.69 Å². The van der Waals surface area contributed by atoms with Crippen molar-refractivity contribution < 1.29 is 27.5 Å². The molecule has 2 aromatic carbocycles. The number of rotatable bonds is 7. The topological polar surface area (TPSA) is 145 Å². The largest absolute Gasteiger partial charge is 0.452 e. The molecule has 0 radical (unpaired) electrons. The zero-order valence-corrected chi connectivity index (χ0v) is 17.6. The van der Waals surface area contributed by atoms with Gasteiger partial charge in [0.25, 0.3) is 5.91 Å². The van der Waals surface area contributed by atoms with Crippen molar-refractivity contribution in [2.45, 2.75) is 25.7 Å². The summed E-state index contributed by atoms with van der Waals surface area (Å²) in [6.45, 7) is 4.84. The van der Waals surface area contributed by atoms with Crippen molar-refractivity contribution in [2.75, 3.05) is 18.5 Å². The van der Waals surface area contributed by atoms with Crippen molar-refractivity contribution in [1.82, 2.24) is 5.32 Å². The van der Waals surface area contributed by atoms with Crippen LogP contribution >= 0.6 is 0 Å². The lowest BCUT2D eigenvalue weighted by Crippen LogP contribution is -2.35. The van der Waals surface area contributed by atoms with Crippen LogP contribution in [0.1, 0.15) is 27.0 Å². The Hall–Kier alpha value is -3.24. The zero-order chi connectivity index (χ0) is 22.5. The van der Waals surface area contributed by atoms with E-state index in [2.05, 4.69) is 10.6 Å². The normalized spacial score (nSPS) is 10.9. The first-order valence-electron chi connectivity index (χ1n) is 8.92. The van der Waals surface area contributed by atoms with Gasteiger partial charge in [0, 0.05) is 5.69 Å². The summed E-state index contributed by atoms with van der Waals surface area (Å²) in [7, 11) is -3.87. The van der Waals surface area contributed by atoms with E-state index in [1.165, 1.54) is 12.1 Å². The third-order valence-electron chi connectivity index (χ3n) is 4.14. The number of esters is 1. The summed E-state index contributed by atoms with van der Waals surface area (Å²) in [5.74, 6) is -1.89. The van der Waals surface area contributed by atoms with E-state index in [0.717, 1.165) is 28.8 Å². The molecule has 0 saturated carbocycles. The maximum absolute atomic E-state index is 12.1. The quantitative estimate of drug-likeness (QED) is 0.559. The monoisotopic (exact) mass is 433 g/mol. The minimum atomic E-state index is -3.87. The predicted molar refractivity (Wildman–Crippen MR) is 110 cm³/mol. The summed E-state index contributed by atoms with van der Waals surface area (Å²) in [5, 5.41) is 10.1. The van der Waals surface area contributed by atoms with Gasteiger partial charge in [0.1, 0.15) is 0 Å². The predicted octanol–water partition coefficient (Wildman–Crippen LogP) is 1.17. The number of hydrogen-bond donors (Lipinski definition) is 3. The van der Waals surface area contributed by atoms with Crippen LogP contribution in [0, 0.1) is 20.8 Å². The molecule has 0 aliphatic carbocycles. The second-order valence-electron chi connectivity index (χ2n) is 6.74. The lowest BCUT2D eigenvalue weighted by Gasteiger charge is -2.13. The van der Waals surface area contributed by atoms with Gasteiger partial charge in [-0.1, -0.05) is 17.7 Å². The van der Waals surface area contributed by atoms with Gasteiger partial charge in [-0.25, -0.2) is 18.4 Å². The van der Waals surface area contributed by atoms with E-state index < -0.39 is 34.4 Å². The van der Waals surface area contributed by atoms with Crippen LogP contribution in [0.5, 0.6) is 0 Å². The molecule has 30 heavy (non-hydrogen) atoms. The molecule has 2 aromatic rings. The van der Waals surface area contributed by atoms with E-state index in [-0.39, 0.29) is 17.0 Å². The Labute approximate surface area is 174 Å². The number of anilines is 1. The van der Waals surface area contributed by atoms with Crippen LogP contribution in [0.25, 0.3) is 0 Å². The van der Waals surface area contributed by atoms with Crippen molar-refractivity contribution >= 4 is 33.5 Å². The molecule has 4 N–H and O–H groups in total. The molecule has 0 atom stereocenters. The van der Waals surface area contributed by atoms with Gasteiger partial charge in [-0.15, -0.1) is 0 Å². The minimum Gasteiger partial charge on any atom is -0.452 e. The molecular weight excluding hydrogens is 410 g/mol.